The monoisotopic (exact) mass is 489 g/mol. The highest BCUT2D eigenvalue weighted by Crippen LogP contribution is 2.32. The molecule has 1 saturated carbocycles. The van der Waals surface area contributed by atoms with E-state index >= 15 is 0 Å². The van der Waals surface area contributed by atoms with E-state index in [1.807, 2.05) is 19.1 Å². The topological polar surface area (TPSA) is 79.4 Å². The van der Waals surface area contributed by atoms with Crippen molar-refractivity contribution in [2.24, 2.45) is 5.92 Å². The number of aryl methyl sites for hydroxylation is 1. The van der Waals surface area contributed by atoms with E-state index < -0.39 is 10.0 Å². The predicted octanol–water partition coefficient (Wildman–Crippen LogP) is 4.92. The lowest BCUT2D eigenvalue weighted by atomic mass is 9.89. The third-order valence-corrected chi connectivity index (χ3v) is 9.04. The van der Waals surface area contributed by atoms with Crippen molar-refractivity contribution in [3.8, 4) is 0 Å². The molecule has 1 aromatic heterocycles. The van der Waals surface area contributed by atoms with Gasteiger partial charge in [-0.05, 0) is 74.9 Å². The predicted molar refractivity (Wildman–Crippen MR) is 130 cm³/mol. The molecular formula is C25H32ClN3O3S. The second-order valence-corrected chi connectivity index (χ2v) is 11.6. The minimum absolute atomic E-state index is 0.0528. The summed E-state index contributed by atoms with van der Waals surface area (Å²) in [7, 11) is -3.57. The molecule has 6 nitrogen and oxygen atoms in total. The molecular weight excluding hydrogens is 458 g/mol. The van der Waals surface area contributed by atoms with Gasteiger partial charge >= 0.3 is 0 Å². The van der Waals surface area contributed by atoms with Crippen molar-refractivity contribution in [2.75, 3.05) is 19.6 Å². The first-order valence-electron chi connectivity index (χ1n) is 11.9. The Morgan fingerprint density at radius 1 is 1.03 bits per heavy atom. The van der Waals surface area contributed by atoms with E-state index in [-0.39, 0.29) is 16.7 Å². The van der Waals surface area contributed by atoms with Crippen molar-refractivity contribution < 1.29 is 13.2 Å². The second-order valence-electron chi connectivity index (χ2n) is 9.23. The average Bonchev–Trinajstić information content (AvgIpc) is 2.83. The molecule has 2 aliphatic rings. The molecule has 4 rings (SSSR count). The molecule has 0 bridgehead atoms. The fraction of sp³-hybridized carbons (Fsp3) is 0.520. The Hall–Kier alpha value is -1.96. The lowest BCUT2D eigenvalue weighted by molar-refractivity contribution is 0.0941. The number of sulfonamides is 1. The number of aromatic nitrogens is 1. The van der Waals surface area contributed by atoms with Crippen molar-refractivity contribution in [2.45, 2.75) is 62.7 Å². The number of halogens is 1. The quantitative estimate of drug-likeness (QED) is 0.624. The maximum atomic E-state index is 13.0. The zero-order chi connectivity index (χ0) is 23.4. The average molecular weight is 490 g/mol. The molecule has 33 heavy (non-hydrogen) atoms. The van der Waals surface area contributed by atoms with Gasteiger partial charge in [-0.15, -0.1) is 0 Å². The molecule has 1 aliphatic carbocycles. The summed E-state index contributed by atoms with van der Waals surface area (Å²) in [5, 5.41) is 3.64. The van der Waals surface area contributed by atoms with Gasteiger partial charge in [0.2, 0.25) is 10.0 Å². The van der Waals surface area contributed by atoms with Crippen molar-refractivity contribution in [1.82, 2.24) is 14.6 Å². The Morgan fingerprint density at radius 3 is 2.36 bits per heavy atom. The third kappa shape index (κ3) is 5.76. The number of carbonyl (C=O) groups excluding carboxylic acids is 1. The van der Waals surface area contributed by atoms with Crippen LogP contribution in [0.25, 0.3) is 0 Å². The lowest BCUT2D eigenvalue weighted by Gasteiger charge is -2.31. The van der Waals surface area contributed by atoms with Gasteiger partial charge in [0.1, 0.15) is 0 Å². The number of hydrogen-bond acceptors (Lipinski definition) is 4. The maximum absolute atomic E-state index is 13.0. The zero-order valence-corrected chi connectivity index (χ0v) is 20.7. The Balaban J connectivity index is 1.44. The lowest BCUT2D eigenvalue weighted by Crippen LogP contribution is -2.38. The number of pyridine rings is 1. The zero-order valence-electron chi connectivity index (χ0n) is 19.1. The van der Waals surface area contributed by atoms with Crippen LogP contribution in [0.5, 0.6) is 0 Å². The summed E-state index contributed by atoms with van der Waals surface area (Å²) in [6.45, 7) is 3.43. The summed E-state index contributed by atoms with van der Waals surface area (Å²) in [4.78, 5) is 18.0. The molecule has 1 amide bonds. The van der Waals surface area contributed by atoms with Crippen LogP contribution in [0.4, 0.5) is 0 Å². The Labute approximate surface area is 201 Å². The van der Waals surface area contributed by atoms with E-state index in [1.165, 1.54) is 36.4 Å². The first kappa shape index (κ1) is 24.2. The van der Waals surface area contributed by atoms with Crippen LogP contribution in [0.15, 0.2) is 41.3 Å². The number of nitrogens with one attached hydrogen (secondary N) is 1. The van der Waals surface area contributed by atoms with Crippen LogP contribution in [0, 0.1) is 12.8 Å². The highest BCUT2D eigenvalue weighted by molar-refractivity contribution is 7.89. The van der Waals surface area contributed by atoms with E-state index in [2.05, 4.69) is 5.32 Å². The molecule has 0 unspecified atom stereocenters. The molecule has 178 valence electrons. The number of nitrogens with zero attached hydrogens (tertiary/aromatic N) is 2. The minimum atomic E-state index is -3.57. The number of hydrogen-bond donors (Lipinski definition) is 1. The van der Waals surface area contributed by atoms with Gasteiger partial charge in [0.25, 0.3) is 5.91 Å². The van der Waals surface area contributed by atoms with E-state index in [4.69, 9.17) is 16.6 Å². The number of carbonyl (C=O) groups is 1. The largest absolute Gasteiger partial charge is 0.352 e. The van der Waals surface area contributed by atoms with Crippen LogP contribution in [-0.2, 0) is 10.0 Å². The summed E-state index contributed by atoms with van der Waals surface area (Å²) in [6.07, 6.45) is 7.41. The fourth-order valence-corrected chi connectivity index (χ4v) is 6.52. The Morgan fingerprint density at radius 2 is 1.70 bits per heavy atom. The summed E-state index contributed by atoms with van der Waals surface area (Å²) in [5.74, 6) is 0.544. The smallest absolute Gasteiger partial charge is 0.253 e. The second kappa shape index (κ2) is 10.5. The number of piperidine rings is 1. The summed E-state index contributed by atoms with van der Waals surface area (Å²) in [5.41, 5.74) is 2.28. The van der Waals surface area contributed by atoms with E-state index in [9.17, 15) is 13.2 Å². The third-order valence-electron chi connectivity index (χ3n) is 6.88. The number of rotatable bonds is 6. The molecule has 0 spiro atoms. The van der Waals surface area contributed by atoms with E-state index in [1.54, 1.807) is 24.3 Å². The van der Waals surface area contributed by atoms with Crippen LogP contribution >= 0.6 is 11.6 Å². The van der Waals surface area contributed by atoms with Gasteiger partial charge < -0.3 is 5.32 Å². The van der Waals surface area contributed by atoms with Gasteiger partial charge in [0.15, 0.2) is 0 Å². The van der Waals surface area contributed by atoms with Gasteiger partial charge in [0.05, 0.1) is 16.2 Å². The Bertz CT molecular complexity index is 1070. The molecule has 1 N–H and O–H groups in total. The van der Waals surface area contributed by atoms with Crippen LogP contribution in [-0.4, -0.2) is 43.2 Å². The van der Waals surface area contributed by atoms with Crippen molar-refractivity contribution in [1.29, 1.82) is 0 Å². The highest BCUT2D eigenvalue weighted by Gasteiger charge is 2.32. The first-order valence-corrected chi connectivity index (χ1v) is 13.7. The molecule has 1 aromatic carbocycles. The van der Waals surface area contributed by atoms with Crippen LogP contribution in [0.2, 0.25) is 5.02 Å². The van der Waals surface area contributed by atoms with Crippen LogP contribution < -0.4 is 5.32 Å². The fourth-order valence-electron chi connectivity index (χ4n) is 4.93. The molecule has 0 radical (unpaired) electrons. The molecule has 2 aromatic rings. The Kier molecular flexibility index (Phi) is 7.72. The van der Waals surface area contributed by atoms with Gasteiger partial charge in [-0.2, -0.15) is 4.31 Å². The normalized spacial score (nSPS) is 18.8. The molecule has 2 heterocycles. The van der Waals surface area contributed by atoms with E-state index in [0.717, 1.165) is 11.4 Å². The molecule has 8 heteroatoms. The minimum Gasteiger partial charge on any atom is -0.352 e. The van der Waals surface area contributed by atoms with Gasteiger partial charge in [-0.1, -0.05) is 30.9 Å². The molecule has 2 fully saturated rings. The van der Waals surface area contributed by atoms with Crippen molar-refractivity contribution in [3.63, 3.8) is 0 Å². The molecule has 1 saturated heterocycles. The SMILES string of the molecule is Cc1ccc(C(=O)NCC2CCCCC2)c(C2CCN(S(=O)(=O)c3ccc(Cl)cc3)CC2)n1. The van der Waals surface area contributed by atoms with Crippen LogP contribution in [0.1, 0.15) is 72.6 Å². The summed E-state index contributed by atoms with van der Waals surface area (Å²) in [6, 6.07) is 10.0. The summed E-state index contributed by atoms with van der Waals surface area (Å²) < 4.78 is 27.5. The van der Waals surface area contributed by atoms with Gasteiger partial charge in [-0.3, -0.25) is 9.78 Å². The highest BCUT2D eigenvalue weighted by atomic mass is 35.5. The number of amides is 1. The molecule has 1 aliphatic heterocycles. The maximum Gasteiger partial charge on any atom is 0.253 e. The van der Waals surface area contributed by atoms with E-state index in [0.29, 0.717) is 49.0 Å². The summed E-state index contributed by atoms with van der Waals surface area (Å²) >= 11 is 5.91. The van der Waals surface area contributed by atoms with Crippen LogP contribution in [0.3, 0.4) is 0 Å². The number of benzene rings is 1. The molecule has 0 atom stereocenters. The van der Waals surface area contributed by atoms with Crippen molar-refractivity contribution >= 4 is 27.5 Å². The van der Waals surface area contributed by atoms with Crippen molar-refractivity contribution in [3.05, 3.63) is 58.4 Å². The standard InChI is InChI=1S/C25H32ClN3O3S/c1-18-7-12-23(25(30)27-17-19-5-3-2-4-6-19)24(28-18)20-13-15-29(16-14-20)33(31,32)22-10-8-21(26)9-11-22/h7-12,19-20H,2-6,13-17H2,1H3,(H,27,30). The van der Waals surface area contributed by atoms with Gasteiger partial charge in [0, 0.05) is 36.3 Å². The van der Waals surface area contributed by atoms with Gasteiger partial charge in [-0.25, -0.2) is 8.42 Å². The first-order chi connectivity index (χ1) is 15.8.